The molecule has 1 rings (SSSR count). The van der Waals surface area contributed by atoms with Crippen molar-refractivity contribution >= 4 is 0 Å². The summed E-state index contributed by atoms with van der Waals surface area (Å²) in [4.78, 5) is 0. The lowest BCUT2D eigenvalue weighted by Crippen LogP contribution is -2.44. The predicted molar refractivity (Wildman–Crippen MR) is 86.5 cm³/mol. The first-order valence-corrected chi connectivity index (χ1v) is 8.46. The molecule has 0 saturated heterocycles. The van der Waals surface area contributed by atoms with Crippen LogP contribution in [0.15, 0.2) is 12.7 Å². The first kappa shape index (κ1) is 16.8. The lowest BCUT2D eigenvalue weighted by Gasteiger charge is -2.43. The Morgan fingerprint density at radius 2 is 2.05 bits per heavy atom. The van der Waals surface area contributed by atoms with E-state index in [0.717, 1.165) is 18.5 Å². The van der Waals surface area contributed by atoms with Crippen LogP contribution < -0.4 is 5.32 Å². The Balaban J connectivity index is 2.43. The van der Waals surface area contributed by atoms with E-state index in [1.807, 2.05) is 6.08 Å². The lowest BCUT2D eigenvalue weighted by atomic mass is 9.65. The summed E-state index contributed by atoms with van der Waals surface area (Å²) >= 11 is 0. The molecular weight excluding hydrogens is 230 g/mol. The molecule has 1 fully saturated rings. The molecule has 2 atom stereocenters. The topological polar surface area (TPSA) is 12.0 Å². The van der Waals surface area contributed by atoms with Gasteiger partial charge < -0.3 is 5.32 Å². The summed E-state index contributed by atoms with van der Waals surface area (Å²) in [7, 11) is 0. The van der Waals surface area contributed by atoms with E-state index in [2.05, 4.69) is 32.7 Å². The zero-order valence-electron chi connectivity index (χ0n) is 13.5. The minimum absolute atomic E-state index is 0.534. The van der Waals surface area contributed by atoms with Crippen molar-refractivity contribution in [1.82, 2.24) is 5.32 Å². The summed E-state index contributed by atoms with van der Waals surface area (Å²) in [6, 6.07) is 0.740. The maximum atomic E-state index is 3.80. The fourth-order valence-electron chi connectivity index (χ4n) is 3.80. The molecule has 0 amide bonds. The van der Waals surface area contributed by atoms with Crippen molar-refractivity contribution in [3.05, 3.63) is 12.7 Å². The van der Waals surface area contributed by atoms with E-state index in [1.54, 1.807) is 0 Å². The summed E-state index contributed by atoms with van der Waals surface area (Å²) in [6.45, 7) is 12.1. The Kier molecular flexibility index (Phi) is 7.75. The molecule has 1 N–H and O–H groups in total. The van der Waals surface area contributed by atoms with Crippen LogP contribution in [0.1, 0.15) is 78.6 Å². The van der Waals surface area contributed by atoms with Crippen molar-refractivity contribution in [2.45, 2.75) is 84.6 Å². The van der Waals surface area contributed by atoms with Gasteiger partial charge in [0.15, 0.2) is 0 Å². The van der Waals surface area contributed by atoms with Crippen LogP contribution in [-0.4, -0.2) is 12.6 Å². The molecule has 0 bridgehead atoms. The fraction of sp³-hybridized carbons (Fsp3) is 0.889. The minimum Gasteiger partial charge on any atom is -0.314 e. The largest absolute Gasteiger partial charge is 0.314 e. The van der Waals surface area contributed by atoms with Gasteiger partial charge in [-0.3, -0.25) is 0 Å². The van der Waals surface area contributed by atoms with E-state index in [0.29, 0.717) is 5.41 Å². The fourth-order valence-corrected chi connectivity index (χ4v) is 3.80. The van der Waals surface area contributed by atoms with Crippen molar-refractivity contribution < 1.29 is 0 Å². The second-order valence-corrected chi connectivity index (χ2v) is 6.93. The molecule has 1 nitrogen and oxygen atoms in total. The van der Waals surface area contributed by atoms with Gasteiger partial charge in [-0.25, -0.2) is 0 Å². The average Bonchev–Trinajstić information content (AvgIpc) is 2.37. The third-order valence-corrected chi connectivity index (χ3v) is 4.97. The van der Waals surface area contributed by atoms with E-state index in [1.165, 1.54) is 57.8 Å². The molecule has 0 radical (unpaired) electrons. The maximum Gasteiger partial charge on any atom is 0.0100 e. The molecule has 19 heavy (non-hydrogen) atoms. The highest BCUT2D eigenvalue weighted by molar-refractivity contribution is 4.90. The van der Waals surface area contributed by atoms with E-state index in [4.69, 9.17) is 0 Å². The molecule has 0 aromatic carbocycles. The molecule has 112 valence electrons. The molecule has 0 aromatic rings. The molecular formula is C18H35N. The lowest BCUT2D eigenvalue weighted by molar-refractivity contribution is 0.0942. The Bertz CT molecular complexity index is 244. The van der Waals surface area contributed by atoms with Gasteiger partial charge in [0.05, 0.1) is 0 Å². The standard InChI is InChI=1S/C18H35N/c1-5-7-8-9-10-14-17(19-6-2)16-13-11-12-15-18(16,3)4/h5,16-17,19H,1,6-15H2,2-4H3. The highest BCUT2D eigenvalue weighted by atomic mass is 14.9. The van der Waals surface area contributed by atoms with Crippen LogP contribution in [0, 0.1) is 11.3 Å². The SMILES string of the molecule is C=CCCCCCC(NCC)C1CCCCC1(C)C. The van der Waals surface area contributed by atoms with Crippen molar-refractivity contribution in [3.8, 4) is 0 Å². The summed E-state index contributed by atoms with van der Waals surface area (Å²) < 4.78 is 0. The van der Waals surface area contributed by atoms with Gasteiger partial charge in [-0.05, 0) is 50.0 Å². The number of nitrogens with one attached hydrogen (secondary N) is 1. The first-order chi connectivity index (χ1) is 9.11. The van der Waals surface area contributed by atoms with Crippen LogP contribution in [-0.2, 0) is 0 Å². The van der Waals surface area contributed by atoms with Crippen molar-refractivity contribution in [2.24, 2.45) is 11.3 Å². The van der Waals surface area contributed by atoms with Gasteiger partial charge in [-0.15, -0.1) is 6.58 Å². The molecule has 1 saturated carbocycles. The number of hydrogen-bond donors (Lipinski definition) is 1. The molecule has 1 heteroatoms. The molecule has 0 spiro atoms. The molecule has 0 aromatic heterocycles. The van der Waals surface area contributed by atoms with E-state index in [-0.39, 0.29) is 0 Å². The van der Waals surface area contributed by atoms with E-state index in [9.17, 15) is 0 Å². The molecule has 1 aliphatic carbocycles. The van der Waals surface area contributed by atoms with Crippen molar-refractivity contribution in [3.63, 3.8) is 0 Å². The van der Waals surface area contributed by atoms with Gasteiger partial charge in [-0.1, -0.05) is 52.5 Å². The molecule has 0 aliphatic heterocycles. The van der Waals surface area contributed by atoms with Gasteiger partial charge in [0.2, 0.25) is 0 Å². The summed E-state index contributed by atoms with van der Waals surface area (Å²) in [5.41, 5.74) is 0.534. The van der Waals surface area contributed by atoms with Crippen LogP contribution in [0.25, 0.3) is 0 Å². The number of unbranched alkanes of at least 4 members (excludes halogenated alkanes) is 3. The van der Waals surface area contributed by atoms with Gasteiger partial charge in [0, 0.05) is 6.04 Å². The smallest absolute Gasteiger partial charge is 0.0100 e. The maximum absolute atomic E-state index is 3.80. The highest BCUT2D eigenvalue weighted by Crippen LogP contribution is 2.43. The Hall–Kier alpha value is -0.300. The summed E-state index contributed by atoms with van der Waals surface area (Å²) in [6.07, 6.45) is 14.4. The normalized spacial score (nSPS) is 24.1. The number of rotatable bonds is 9. The first-order valence-electron chi connectivity index (χ1n) is 8.46. The average molecular weight is 265 g/mol. The van der Waals surface area contributed by atoms with E-state index >= 15 is 0 Å². The minimum atomic E-state index is 0.534. The van der Waals surface area contributed by atoms with Crippen LogP contribution in [0.3, 0.4) is 0 Å². The predicted octanol–water partition coefficient (Wildman–Crippen LogP) is 5.32. The van der Waals surface area contributed by atoms with Crippen LogP contribution >= 0.6 is 0 Å². The van der Waals surface area contributed by atoms with Crippen molar-refractivity contribution in [2.75, 3.05) is 6.54 Å². The van der Waals surface area contributed by atoms with Crippen LogP contribution in [0.4, 0.5) is 0 Å². The highest BCUT2D eigenvalue weighted by Gasteiger charge is 2.36. The number of allylic oxidation sites excluding steroid dienone is 1. The Labute approximate surface area is 121 Å². The third kappa shape index (κ3) is 5.69. The van der Waals surface area contributed by atoms with Gasteiger partial charge >= 0.3 is 0 Å². The van der Waals surface area contributed by atoms with E-state index < -0.39 is 0 Å². The molecule has 1 aliphatic rings. The molecule has 2 unspecified atom stereocenters. The van der Waals surface area contributed by atoms with Crippen LogP contribution in [0.5, 0.6) is 0 Å². The monoisotopic (exact) mass is 265 g/mol. The summed E-state index contributed by atoms with van der Waals surface area (Å²) in [5, 5.41) is 3.78. The zero-order chi connectivity index (χ0) is 14.1. The zero-order valence-corrected chi connectivity index (χ0v) is 13.5. The number of hydrogen-bond acceptors (Lipinski definition) is 1. The van der Waals surface area contributed by atoms with Gasteiger partial charge in [0.1, 0.15) is 0 Å². The Morgan fingerprint density at radius 1 is 1.26 bits per heavy atom. The molecule has 0 heterocycles. The van der Waals surface area contributed by atoms with Crippen LogP contribution in [0.2, 0.25) is 0 Å². The van der Waals surface area contributed by atoms with Gasteiger partial charge in [-0.2, -0.15) is 0 Å². The third-order valence-electron chi connectivity index (χ3n) is 4.97. The Morgan fingerprint density at radius 3 is 2.68 bits per heavy atom. The second-order valence-electron chi connectivity index (χ2n) is 6.93. The summed E-state index contributed by atoms with van der Waals surface area (Å²) in [5.74, 6) is 0.876. The van der Waals surface area contributed by atoms with Gasteiger partial charge in [0.25, 0.3) is 0 Å². The van der Waals surface area contributed by atoms with Crippen molar-refractivity contribution in [1.29, 1.82) is 0 Å². The second kappa shape index (κ2) is 8.79. The quantitative estimate of drug-likeness (QED) is 0.439.